The minimum Gasteiger partial charge on any atom is -0.465 e. The molecule has 0 radical (unpaired) electrons. The molecule has 88 valence electrons. The minimum absolute atomic E-state index is 0.141. The molecule has 4 nitrogen and oxygen atoms in total. The second-order valence-corrected chi connectivity index (χ2v) is 4.09. The van der Waals surface area contributed by atoms with Crippen LogP contribution in [0.15, 0.2) is 0 Å². The van der Waals surface area contributed by atoms with Gasteiger partial charge in [0.1, 0.15) is 0 Å². The van der Waals surface area contributed by atoms with Crippen LogP contribution in [0, 0.1) is 0 Å². The Labute approximate surface area is 91.5 Å². The zero-order valence-electron chi connectivity index (χ0n) is 9.86. The number of esters is 1. The minimum atomic E-state index is -0.141. The molecule has 1 aliphatic heterocycles. The molecule has 0 saturated carbocycles. The molecule has 0 aromatic carbocycles. The third-order valence-corrected chi connectivity index (χ3v) is 2.65. The van der Waals surface area contributed by atoms with Crippen LogP contribution < -0.4 is 0 Å². The van der Waals surface area contributed by atoms with Crippen molar-refractivity contribution in [3.8, 4) is 0 Å². The van der Waals surface area contributed by atoms with Gasteiger partial charge in [-0.1, -0.05) is 0 Å². The third-order valence-electron chi connectivity index (χ3n) is 2.65. The Kier molecular flexibility index (Phi) is 5.05. The smallest absolute Gasteiger partial charge is 0.320 e. The van der Waals surface area contributed by atoms with E-state index in [-0.39, 0.29) is 5.97 Å². The summed E-state index contributed by atoms with van der Waals surface area (Å²) >= 11 is 0. The molecule has 1 heterocycles. The summed E-state index contributed by atoms with van der Waals surface area (Å²) < 4.78 is 10.3. The van der Waals surface area contributed by atoms with Crippen LogP contribution >= 0.6 is 0 Å². The predicted octanol–water partition coefficient (Wildman–Crippen LogP) is 1.05. The van der Waals surface area contributed by atoms with E-state index in [0.29, 0.717) is 25.2 Å². The van der Waals surface area contributed by atoms with Crippen molar-refractivity contribution >= 4 is 5.97 Å². The van der Waals surface area contributed by atoms with E-state index < -0.39 is 0 Å². The van der Waals surface area contributed by atoms with Crippen LogP contribution in [0.4, 0.5) is 0 Å². The highest BCUT2D eigenvalue weighted by molar-refractivity contribution is 5.71. The molecule has 1 rings (SSSR count). The number of ether oxygens (including phenoxy) is 2. The maximum absolute atomic E-state index is 11.4. The molecule has 0 amide bonds. The summed E-state index contributed by atoms with van der Waals surface area (Å²) in [6, 6.07) is 0.718. The van der Waals surface area contributed by atoms with Gasteiger partial charge in [0.05, 0.1) is 19.8 Å². The quantitative estimate of drug-likeness (QED) is 0.643. The average molecular weight is 215 g/mol. The van der Waals surface area contributed by atoms with Crippen LogP contribution in [0.5, 0.6) is 0 Å². The maximum Gasteiger partial charge on any atom is 0.320 e. The van der Waals surface area contributed by atoms with Gasteiger partial charge in [0.15, 0.2) is 0 Å². The van der Waals surface area contributed by atoms with Crippen LogP contribution in [0.3, 0.4) is 0 Å². The number of nitrogens with zero attached hydrogens (tertiary/aromatic N) is 1. The Bertz CT molecular complexity index is 200. The lowest BCUT2D eigenvalue weighted by Gasteiger charge is -2.30. The van der Waals surface area contributed by atoms with Crippen molar-refractivity contribution in [1.82, 2.24) is 4.90 Å². The van der Waals surface area contributed by atoms with Gasteiger partial charge in [-0.05, 0) is 27.2 Å². The largest absolute Gasteiger partial charge is 0.465 e. The van der Waals surface area contributed by atoms with Gasteiger partial charge in [-0.3, -0.25) is 9.69 Å². The monoisotopic (exact) mass is 215 g/mol. The SMILES string of the molecule is CCOC(=O)CN(C(C)C)C1CCOC1. The number of carbonyl (C=O) groups excluding carboxylic acids is 1. The molecule has 0 bridgehead atoms. The fourth-order valence-corrected chi connectivity index (χ4v) is 1.87. The van der Waals surface area contributed by atoms with E-state index in [1.807, 2.05) is 6.92 Å². The highest BCUT2D eigenvalue weighted by Crippen LogP contribution is 2.15. The van der Waals surface area contributed by atoms with Crippen molar-refractivity contribution in [2.24, 2.45) is 0 Å². The highest BCUT2D eigenvalue weighted by Gasteiger charge is 2.27. The Hall–Kier alpha value is -0.610. The molecule has 1 saturated heterocycles. The lowest BCUT2D eigenvalue weighted by atomic mass is 10.2. The van der Waals surface area contributed by atoms with Crippen molar-refractivity contribution in [2.45, 2.75) is 39.3 Å². The van der Waals surface area contributed by atoms with Crippen molar-refractivity contribution in [1.29, 1.82) is 0 Å². The molecule has 0 aliphatic carbocycles. The summed E-state index contributed by atoms with van der Waals surface area (Å²) in [7, 11) is 0. The Morgan fingerprint density at radius 2 is 2.33 bits per heavy atom. The van der Waals surface area contributed by atoms with Crippen molar-refractivity contribution in [3.63, 3.8) is 0 Å². The first-order chi connectivity index (χ1) is 7.15. The van der Waals surface area contributed by atoms with Crippen LogP contribution in [0.25, 0.3) is 0 Å². The van der Waals surface area contributed by atoms with Gasteiger partial charge in [-0.15, -0.1) is 0 Å². The number of carbonyl (C=O) groups is 1. The molecule has 0 aromatic rings. The Morgan fingerprint density at radius 3 is 2.80 bits per heavy atom. The lowest BCUT2D eigenvalue weighted by Crippen LogP contribution is -2.44. The van der Waals surface area contributed by atoms with Crippen LogP contribution in [0.1, 0.15) is 27.2 Å². The molecule has 1 fully saturated rings. The molecular formula is C11H21NO3. The van der Waals surface area contributed by atoms with Crippen molar-refractivity contribution < 1.29 is 14.3 Å². The molecule has 15 heavy (non-hydrogen) atoms. The fraction of sp³-hybridized carbons (Fsp3) is 0.909. The van der Waals surface area contributed by atoms with Gasteiger partial charge in [-0.25, -0.2) is 0 Å². The zero-order valence-corrected chi connectivity index (χ0v) is 9.86. The average Bonchev–Trinajstić information content (AvgIpc) is 2.66. The van der Waals surface area contributed by atoms with Gasteiger partial charge in [0.2, 0.25) is 0 Å². The third kappa shape index (κ3) is 3.80. The van der Waals surface area contributed by atoms with Gasteiger partial charge in [0.25, 0.3) is 0 Å². The van der Waals surface area contributed by atoms with E-state index >= 15 is 0 Å². The first-order valence-corrected chi connectivity index (χ1v) is 5.64. The van der Waals surface area contributed by atoms with Gasteiger partial charge < -0.3 is 9.47 Å². The normalized spacial score (nSPS) is 21.3. The van der Waals surface area contributed by atoms with Crippen LogP contribution in [0.2, 0.25) is 0 Å². The summed E-state index contributed by atoms with van der Waals surface area (Å²) in [5.41, 5.74) is 0. The first-order valence-electron chi connectivity index (χ1n) is 5.64. The summed E-state index contributed by atoms with van der Waals surface area (Å²) in [6.07, 6.45) is 1.01. The van der Waals surface area contributed by atoms with Crippen LogP contribution in [-0.4, -0.2) is 49.3 Å². The molecular weight excluding hydrogens is 194 g/mol. The standard InChI is InChI=1S/C11H21NO3/c1-4-15-11(13)7-12(9(2)3)10-5-6-14-8-10/h9-10H,4-8H2,1-3H3. The molecule has 1 atom stereocenters. The van der Waals surface area contributed by atoms with Crippen molar-refractivity contribution in [3.05, 3.63) is 0 Å². The fourth-order valence-electron chi connectivity index (χ4n) is 1.87. The Balaban J connectivity index is 2.46. The summed E-state index contributed by atoms with van der Waals surface area (Å²) in [6.45, 7) is 8.38. The van der Waals surface area contributed by atoms with E-state index in [1.54, 1.807) is 0 Å². The van der Waals surface area contributed by atoms with E-state index in [1.165, 1.54) is 0 Å². The molecule has 0 N–H and O–H groups in total. The molecule has 0 aromatic heterocycles. The molecule has 1 aliphatic rings. The second kappa shape index (κ2) is 6.08. The van der Waals surface area contributed by atoms with E-state index in [4.69, 9.17) is 9.47 Å². The van der Waals surface area contributed by atoms with Crippen molar-refractivity contribution in [2.75, 3.05) is 26.4 Å². The summed E-state index contributed by atoms with van der Waals surface area (Å²) in [5.74, 6) is -0.141. The number of rotatable bonds is 5. The summed E-state index contributed by atoms with van der Waals surface area (Å²) in [4.78, 5) is 13.6. The van der Waals surface area contributed by atoms with Gasteiger partial charge >= 0.3 is 5.97 Å². The predicted molar refractivity (Wildman–Crippen MR) is 57.7 cm³/mol. The molecule has 1 unspecified atom stereocenters. The lowest BCUT2D eigenvalue weighted by molar-refractivity contribution is -0.145. The van der Waals surface area contributed by atoms with E-state index in [2.05, 4.69) is 18.7 Å². The molecule has 4 heteroatoms. The highest BCUT2D eigenvalue weighted by atomic mass is 16.5. The first kappa shape index (κ1) is 12.5. The Morgan fingerprint density at radius 1 is 1.60 bits per heavy atom. The molecule has 0 spiro atoms. The van der Waals surface area contributed by atoms with Gasteiger partial charge in [0, 0.05) is 18.7 Å². The van der Waals surface area contributed by atoms with E-state index in [0.717, 1.165) is 19.6 Å². The van der Waals surface area contributed by atoms with Crippen LogP contribution in [-0.2, 0) is 14.3 Å². The van der Waals surface area contributed by atoms with E-state index in [9.17, 15) is 4.79 Å². The number of hydrogen-bond acceptors (Lipinski definition) is 4. The summed E-state index contributed by atoms with van der Waals surface area (Å²) in [5, 5.41) is 0. The maximum atomic E-state index is 11.4. The van der Waals surface area contributed by atoms with Gasteiger partial charge in [-0.2, -0.15) is 0 Å². The second-order valence-electron chi connectivity index (χ2n) is 4.09. The topological polar surface area (TPSA) is 38.8 Å². The number of hydrogen-bond donors (Lipinski definition) is 0. The zero-order chi connectivity index (χ0) is 11.3.